The van der Waals surface area contributed by atoms with Gasteiger partial charge in [0.2, 0.25) is 0 Å². The maximum atomic E-state index is 6.54. The highest BCUT2D eigenvalue weighted by Crippen LogP contribution is 2.18. The standard InChI is InChI=1S/C56H94O7/c1-5-45-57-53(58-46-6-2)41-33-23-19-15-11-9-13-17-21-25-35-43-55(61-49-51-37-29-27-30-38-51)63-56(62-50-52-39-31-28-32-40-52)44-36-26-22-18-14-10-12-16-20-24-34-42-54(59-47-7-3)60-48-8-4/h27-32,35-40,43-44,53-56H,5-26,33-34,41-42,45-50H2,1-4H3. The van der Waals surface area contributed by atoms with Gasteiger partial charge in [-0.1, -0.05) is 190 Å². The van der Waals surface area contributed by atoms with Gasteiger partial charge in [0.25, 0.3) is 0 Å². The molecule has 7 nitrogen and oxygen atoms in total. The molecule has 0 N–H and O–H groups in total. The van der Waals surface area contributed by atoms with Crippen LogP contribution >= 0.6 is 0 Å². The second kappa shape index (κ2) is 43.5. The lowest BCUT2D eigenvalue weighted by Crippen LogP contribution is -2.24. The molecule has 0 radical (unpaired) electrons. The van der Waals surface area contributed by atoms with Gasteiger partial charge in [-0.3, -0.25) is 0 Å². The smallest absolute Gasteiger partial charge is 0.180 e. The van der Waals surface area contributed by atoms with E-state index in [1.54, 1.807) is 0 Å². The predicted octanol–water partition coefficient (Wildman–Crippen LogP) is 16.1. The molecular weight excluding hydrogens is 785 g/mol. The molecule has 2 aromatic carbocycles. The Labute approximate surface area is 387 Å². The van der Waals surface area contributed by atoms with Crippen LogP contribution in [0.15, 0.2) is 85.0 Å². The first-order valence-corrected chi connectivity index (χ1v) is 25.9. The van der Waals surface area contributed by atoms with E-state index >= 15 is 0 Å². The van der Waals surface area contributed by atoms with Crippen LogP contribution in [-0.4, -0.2) is 51.6 Å². The highest BCUT2D eigenvalue weighted by Gasteiger charge is 2.15. The van der Waals surface area contributed by atoms with Crippen LogP contribution in [0.1, 0.15) is 206 Å². The average molecular weight is 879 g/mol. The van der Waals surface area contributed by atoms with E-state index in [0.717, 1.165) is 88.9 Å². The Morgan fingerprint density at radius 2 is 0.667 bits per heavy atom. The van der Waals surface area contributed by atoms with Gasteiger partial charge in [-0.2, -0.15) is 0 Å². The molecule has 0 bridgehead atoms. The number of hydrogen-bond acceptors (Lipinski definition) is 7. The molecule has 0 heterocycles. The van der Waals surface area contributed by atoms with Crippen molar-refractivity contribution in [1.82, 2.24) is 0 Å². The number of hydrogen-bond donors (Lipinski definition) is 0. The van der Waals surface area contributed by atoms with Crippen molar-refractivity contribution in [2.24, 2.45) is 0 Å². The zero-order chi connectivity index (χ0) is 44.9. The Morgan fingerprint density at radius 1 is 0.365 bits per heavy atom. The van der Waals surface area contributed by atoms with Gasteiger partial charge < -0.3 is 33.2 Å². The molecule has 0 aliphatic carbocycles. The Balaban J connectivity index is 1.73. The lowest BCUT2D eigenvalue weighted by molar-refractivity contribution is -0.215. The summed E-state index contributed by atoms with van der Waals surface area (Å²) >= 11 is 0. The van der Waals surface area contributed by atoms with Crippen LogP contribution in [0, 0.1) is 0 Å². The van der Waals surface area contributed by atoms with Gasteiger partial charge in [-0.05, 0) is 100 Å². The van der Waals surface area contributed by atoms with Gasteiger partial charge >= 0.3 is 0 Å². The van der Waals surface area contributed by atoms with Crippen LogP contribution in [0.4, 0.5) is 0 Å². The van der Waals surface area contributed by atoms with Gasteiger partial charge in [0.05, 0.1) is 13.2 Å². The fourth-order valence-electron chi connectivity index (χ4n) is 7.38. The van der Waals surface area contributed by atoms with Crippen LogP contribution in [0.2, 0.25) is 0 Å². The fraction of sp³-hybridized carbons (Fsp3) is 0.714. The summed E-state index contributed by atoms with van der Waals surface area (Å²) in [6.45, 7) is 12.7. The molecule has 360 valence electrons. The van der Waals surface area contributed by atoms with Crippen molar-refractivity contribution in [3.8, 4) is 0 Å². The largest absolute Gasteiger partial charge is 0.353 e. The number of unbranched alkanes of at least 4 members (excludes halogenated alkanes) is 18. The molecule has 0 saturated carbocycles. The molecule has 0 fully saturated rings. The van der Waals surface area contributed by atoms with Gasteiger partial charge in [-0.15, -0.1) is 0 Å². The van der Waals surface area contributed by atoms with Crippen molar-refractivity contribution in [1.29, 1.82) is 0 Å². The Kier molecular flexibility index (Phi) is 39.2. The molecule has 2 rings (SSSR count). The van der Waals surface area contributed by atoms with E-state index < -0.39 is 12.6 Å². The lowest BCUT2D eigenvalue weighted by atomic mass is 10.1. The van der Waals surface area contributed by atoms with Crippen LogP contribution < -0.4 is 0 Å². The van der Waals surface area contributed by atoms with E-state index in [2.05, 4.69) is 101 Å². The third-order valence-electron chi connectivity index (χ3n) is 11.0. The first-order chi connectivity index (χ1) is 31.2. The third kappa shape index (κ3) is 34.6. The van der Waals surface area contributed by atoms with E-state index in [1.807, 2.05) is 12.1 Å². The molecule has 63 heavy (non-hydrogen) atoms. The van der Waals surface area contributed by atoms with E-state index in [9.17, 15) is 0 Å². The molecule has 2 unspecified atom stereocenters. The van der Waals surface area contributed by atoms with E-state index in [0.29, 0.717) is 13.2 Å². The molecule has 0 aliphatic heterocycles. The number of ether oxygens (including phenoxy) is 7. The topological polar surface area (TPSA) is 64.6 Å². The Morgan fingerprint density at radius 3 is 0.984 bits per heavy atom. The SMILES string of the molecule is CCCOC(CCCCCCCCCCCC=CC(OCc1ccccc1)OC(C=CCCCCCCCCCCCC(OCCC)OCCC)OCc1ccccc1)OCCC. The van der Waals surface area contributed by atoms with E-state index in [1.165, 1.54) is 116 Å². The lowest BCUT2D eigenvalue weighted by Gasteiger charge is -2.22. The second-order valence-corrected chi connectivity index (χ2v) is 17.2. The molecule has 2 aromatic rings. The summed E-state index contributed by atoms with van der Waals surface area (Å²) in [5.41, 5.74) is 2.25. The van der Waals surface area contributed by atoms with Crippen LogP contribution in [0.3, 0.4) is 0 Å². The summed E-state index contributed by atoms with van der Waals surface area (Å²) in [7, 11) is 0. The minimum atomic E-state index is -0.507. The summed E-state index contributed by atoms with van der Waals surface area (Å²) in [6, 6.07) is 20.7. The average Bonchev–Trinajstić information content (AvgIpc) is 3.31. The number of rotatable bonds is 46. The number of benzene rings is 2. The normalized spacial score (nSPS) is 13.0. The minimum Gasteiger partial charge on any atom is -0.353 e. The number of allylic oxidation sites excluding steroid dienone is 2. The van der Waals surface area contributed by atoms with Gasteiger partial charge in [0.15, 0.2) is 25.2 Å². The fourth-order valence-corrected chi connectivity index (χ4v) is 7.38. The highest BCUT2D eigenvalue weighted by molar-refractivity contribution is 5.14. The Hall–Kier alpha value is -2.36. The van der Waals surface area contributed by atoms with Crippen LogP contribution in [0.5, 0.6) is 0 Å². The second-order valence-electron chi connectivity index (χ2n) is 17.2. The molecular formula is C56H94O7. The third-order valence-corrected chi connectivity index (χ3v) is 11.0. The van der Waals surface area contributed by atoms with Crippen molar-refractivity contribution in [3.05, 3.63) is 96.1 Å². The Bertz CT molecular complexity index is 1160. The summed E-state index contributed by atoms with van der Waals surface area (Å²) in [5.74, 6) is 0. The first-order valence-electron chi connectivity index (χ1n) is 25.9. The molecule has 2 atom stereocenters. The molecule has 0 amide bonds. The summed E-state index contributed by atoms with van der Waals surface area (Å²) < 4.78 is 42.8. The van der Waals surface area contributed by atoms with Crippen LogP contribution in [0.25, 0.3) is 0 Å². The van der Waals surface area contributed by atoms with E-state index in [-0.39, 0.29) is 12.6 Å². The van der Waals surface area contributed by atoms with Crippen molar-refractivity contribution in [2.45, 2.75) is 233 Å². The zero-order valence-electron chi connectivity index (χ0n) is 40.9. The molecule has 0 aromatic heterocycles. The van der Waals surface area contributed by atoms with Crippen molar-refractivity contribution >= 4 is 0 Å². The van der Waals surface area contributed by atoms with Crippen molar-refractivity contribution < 1.29 is 33.2 Å². The van der Waals surface area contributed by atoms with E-state index in [4.69, 9.17) is 33.2 Å². The monoisotopic (exact) mass is 879 g/mol. The van der Waals surface area contributed by atoms with Gasteiger partial charge in [0.1, 0.15) is 0 Å². The zero-order valence-corrected chi connectivity index (χ0v) is 40.9. The van der Waals surface area contributed by atoms with Crippen LogP contribution in [-0.2, 0) is 46.4 Å². The van der Waals surface area contributed by atoms with Gasteiger partial charge in [0, 0.05) is 26.4 Å². The molecule has 0 saturated heterocycles. The maximum Gasteiger partial charge on any atom is 0.180 e. The predicted molar refractivity (Wildman–Crippen MR) is 264 cm³/mol. The highest BCUT2D eigenvalue weighted by atomic mass is 16.8. The molecule has 7 heteroatoms. The van der Waals surface area contributed by atoms with Crippen molar-refractivity contribution in [2.75, 3.05) is 26.4 Å². The summed E-state index contributed by atoms with van der Waals surface area (Å²) in [5, 5.41) is 0. The molecule has 0 aliphatic rings. The quantitative estimate of drug-likeness (QED) is 0.0373. The molecule has 0 spiro atoms. The maximum absolute atomic E-state index is 6.54. The van der Waals surface area contributed by atoms with Gasteiger partial charge in [-0.25, -0.2) is 0 Å². The summed E-state index contributed by atoms with van der Waals surface area (Å²) in [6.07, 6.45) is 38.7. The minimum absolute atomic E-state index is 0.0177. The summed E-state index contributed by atoms with van der Waals surface area (Å²) in [4.78, 5) is 0. The first kappa shape index (κ1) is 56.8. The van der Waals surface area contributed by atoms with Crippen molar-refractivity contribution in [3.63, 3.8) is 0 Å².